The highest BCUT2D eigenvalue weighted by atomic mass is 125. The molecule has 0 aromatic heterocycles. The van der Waals surface area contributed by atoms with E-state index in [4.69, 9.17) is 4.74 Å². The minimum Gasteiger partial charge on any atom is -0.496 e. The largest absolute Gasteiger partial charge is 0.496 e. The van der Waals surface area contributed by atoms with E-state index < -0.39 is 0 Å². The zero-order valence-electron chi connectivity index (χ0n) is 11.4. The molecule has 0 radical (unpaired) electrons. The predicted octanol–water partition coefficient (Wildman–Crippen LogP) is 3.32. The Morgan fingerprint density at radius 2 is 2.32 bits per heavy atom. The summed E-state index contributed by atoms with van der Waals surface area (Å²) in [4.78, 5) is 11.4. The quantitative estimate of drug-likeness (QED) is 0.780. The number of nitrogens with one attached hydrogen (secondary N) is 1. The normalized spacial score (nSPS) is 21.0. The van der Waals surface area contributed by atoms with Crippen molar-refractivity contribution in [2.24, 2.45) is 5.92 Å². The fourth-order valence-corrected chi connectivity index (χ4v) is 2.90. The zero-order chi connectivity index (χ0) is 13.8. The molecule has 1 aromatic carbocycles. The van der Waals surface area contributed by atoms with E-state index in [0.29, 0.717) is 18.3 Å². The molecule has 1 N–H and O–H groups in total. The second-order valence-electron chi connectivity index (χ2n) is 5.05. The van der Waals surface area contributed by atoms with Gasteiger partial charge in [-0.05, 0) is 65.0 Å². The molecule has 0 bridgehead atoms. The van der Waals surface area contributed by atoms with Gasteiger partial charge in [0.2, 0.25) is 5.91 Å². The van der Waals surface area contributed by atoms with Crippen LogP contribution in [0.15, 0.2) is 18.2 Å². The number of rotatable bonds is 6. The Bertz CT molecular complexity index is 461. The van der Waals surface area contributed by atoms with Gasteiger partial charge in [0.05, 0.1) is 10.7 Å². The lowest BCUT2D eigenvalue weighted by molar-refractivity contribution is -0.121. The summed E-state index contributed by atoms with van der Waals surface area (Å²) in [6.07, 6.45) is 2.71. The number of carbonyl (C=O) groups is 1. The second kappa shape index (κ2) is 6.59. The highest BCUT2D eigenvalue weighted by Gasteiger charge is 2.38. The first-order chi connectivity index (χ1) is 9.15. The maximum Gasteiger partial charge on any atom is 0.219 e. The third-order valence-electron chi connectivity index (χ3n) is 3.56. The molecule has 2 atom stereocenters. The summed E-state index contributed by atoms with van der Waals surface area (Å²) in [7, 11) is 1.70. The average Bonchev–Trinajstić information content (AvgIpc) is 3.17. The van der Waals surface area contributed by atoms with Gasteiger partial charge in [0.1, 0.15) is 5.75 Å². The number of hydrogen-bond acceptors (Lipinski definition) is 2. The lowest BCUT2D eigenvalue weighted by Crippen LogP contribution is -2.25. The fourth-order valence-electron chi connectivity index (χ4n) is 2.35. The lowest BCUT2D eigenvalue weighted by Gasteiger charge is -2.07. The van der Waals surface area contributed by atoms with Crippen molar-refractivity contribution in [2.45, 2.75) is 32.1 Å². The molecule has 1 fully saturated rings. The van der Waals surface area contributed by atoms with Crippen molar-refractivity contribution in [1.82, 2.24) is 5.32 Å². The summed E-state index contributed by atoms with van der Waals surface area (Å²) < 4.78 is 6.49. The number of methoxy groups -OCH3 is 1. The molecule has 1 saturated carbocycles. The summed E-state index contributed by atoms with van der Waals surface area (Å²) in [5.74, 6) is 2.28. The Morgan fingerprint density at radius 1 is 1.53 bits per heavy atom. The van der Waals surface area contributed by atoms with Crippen LogP contribution in [-0.4, -0.2) is 19.6 Å². The van der Waals surface area contributed by atoms with Crippen molar-refractivity contribution in [3.63, 3.8) is 0 Å². The van der Waals surface area contributed by atoms with Crippen LogP contribution < -0.4 is 10.1 Å². The van der Waals surface area contributed by atoms with Gasteiger partial charge in [-0.2, -0.15) is 0 Å². The molecule has 19 heavy (non-hydrogen) atoms. The van der Waals surface area contributed by atoms with Crippen LogP contribution in [0.2, 0.25) is 0 Å². The maximum atomic E-state index is 11.4. The molecule has 1 aliphatic rings. The van der Waals surface area contributed by atoms with Gasteiger partial charge in [-0.1, -0.05) is 13.0 Å². The minimum absolute atomic E-state index is 0.174. The minimum atomic E-state index is 0.174. The van der Waals surface area contributed by atoms with E-state index in [9.17, 15) is 4.79 Å². The Labute approximate surface area is 128 Å². The monoisotopic (exact) mass is 371 g/mol. The highest BCUT2D eigenvalue weighted by molar-refractivity contribution is 14.1. The van der Waals surface area contributed by atoms with E-state index in [1.165, 1.54) is 5.56 Å². The van der Waals surface area contributed by atoms with E-state index in [1.807, 2.05) is 6.92 Å². The highest BCUT2D eigenvalue weighted by Crippen LogP contribution is 2.48. The number of carbonyl (C=O) groups excluding carboxylic acids is 1. The third-order valence-corrected chi connectivity index (χ3v) is 4.46. The third kappa shape index (κ3) is 3.84. The van der Waals surface area contributed by atoms with Crippen LogP contribution in [0, 0.1) is 9.49 Å². The molecule has 4 heteroatoms. The van der Waals surface area contributed by atoms with Crippen molar-refractivity contribution in [3.05, 3.63) is 27.3 Å². The number of ether oxygens (including phenoxy) is 1. The second-order valence-corrected chi connectivity index (χ2v) is 6.21. The van der Waals surface area contributed by atoms with Crippen molar-refractivity contribution in [3.8, 4) is 5.75 Å². The van der Waals surface area contributed by atoms with Crippen molar-refractivity contribution < 1.29 is 9.53 Å². The zero-order valence-corrected chi connectivity index (χ0v) is 13.6. The summed E-state index contributed by atoms with van der Waals surface area (Å²) in [5, 5.41) is 3.01. The number of amides is 1. The van der Waals surface area contributed by atoms with Gasteiger partial charge in [0, 0.05) is 13.0 Å². The SMILES string of the molecule is CCCC(=O)NC[C@@H]1C[C@H]1c1ccc([125I])c(OC)c1. The Kier molecular flexibility index (Phi) is 5.07. The van der Waals surface area contributed by atoms with Crippen molar-refractivity contribution in [1.29, 1.82) is 0 Å². The maximum absolute atomic E-state index is 11.4. The standard InChI is InChI=1S/C15H20INO2/c1-3-4-15(18)17-9-11-7-12(11)10-5-6-13(16)14(8-10)19-2/h5-6,8,11-12H,3-4,7,9H2,1-2H3,(H,17,18)/t11-,12-/m0/s1/i16-2. The first-order valence-corrected chi connectivity index (χ1v) is 7.83. The van der Waals surface area contributed by atoms with Gasteiger partial charge >= 0.3 is 0 Å². The molecule has 0 saturated heterocycles. The molecule has 1 amide bonds. The number of benzene rings is 1. The van der Waals surface area contributed by atoms with Crippen molar-refractivity contribution >= 4 is 28.5 Å². The molecule has 1 aromatic rings. The van der Waals surface area contributed by atoms with E-state index >= 15 is 0 Å². The van der Waals surface area contributed by atoms with E-state index in [0.717, 1.165) is 28.7 Å². The molecule has 104 valence electrons. The first-order valence-electron chi connectivity index (χ1n) is 6.75. The lowest BCUT2D eigenvalue weighted by atomic mass is 10.1. The van der Waals surface area contributed by atoms with Gasteiger partial charge in [-0.3, -0.25) is 4.79 Å². The van der Waals surface area contributed by atoms with E-state index in [1.54, 1.807) is 7.11 Å². The summed E-state index contributed by atoms with van der Waals surface area (Å²) in [6.45, 7) is 2.83. The molecule has 1 aliphatic carbocycles. The number of halogens is 1. The summed E-state index contributed by atoms with van der Waals surface area (Å²) >= 11 is 2.28. The molecular formula is C15H20INO2. The topological polar surface area (TPSA) is 38.3 Å². The van der Waals surface area contributed by atoms with Gasteiger partial charge in [0.25, 0.3) is 0 Å². The van der Waals surface area contributed by atoms with Crippen LogP contribution in [0.25, 0.3) is 0 Å². The van der Waals surface area contributed by atoms with Gasteiger partial charge in [0.15, 0.2) is 0 Å². The van der Waals surface area contributed by atoms with Crippen LogP contribution in [-0.2, 0) is 4.79 Å². The molecule has 3 nitrogen and oxygen atoms in total. The van der Waals surface area contributed by atoms with Crippen LogP contribution >= 0.6 is 22.6 Å². The van der Waals surface area contributed by atoms with E-state index in [2.05, 4.69) is 46.1 Å². The molecule has 0 heterocycles. The Morgan fingerprint density at radius 3 is 3.00 bits per heavy atom. The van der Waals surface area contributed by atoms with Crippen LogP contribution in [0.3, 0.4) is 0 Å². The molecule has 0 aliphatic heterocycles. The van der Waals surface area contributed by atoms with Crippen LogP contribution in [0.5, 0.6) is 5.75 Å². The molecule has 0 unspecified atom stereocenters. The van der Waals surface area contributed by atoms with Crippen molar-refractivity contribution in [2.75, 3.05) is 13.7 Å². The number of hydrogen-bond donors (Lipinski definition) is 1. The molecule has 2 rings (SSSR count). The van der Waals surface area contributed by atoms with Crippen LogP contribution in [0.4, 0.5) is 0 Å². The van der Waals surface area contributed by atoms with Gasteiger partial charge < -0.3 is 10.1 Å². The predicted molar refractivity (Wildman–Crippen MR) is 84.5 cm³/mol. The smallest absolute Gasteiger partial charge is 0.219 e. The fraction of sp³-hybridized carbons (Fsp3) is 0.533. The van der Waals surface area contributed by atoms with E-state index in [-0.39, 0.29) is 5.91 Å². The first kappa shape index (κ1) is 14.6. The van der Waals surface area contributed by atoms with Crippen LogP contribution in [0.1, 0.15) is 37.7 Å². The van der Waals surface area contributed by atoms with Gasteiger partial charge in [-0.15, -0.1) is 0 Å². The summed E-state index contributed by atoms with van der Waals surface area (Å²) in [5.41, 5.74) is 1.33. The average molecular weight is 371 g/mol. The van der Waals surface area contributed by atoms with Gasteiger partial charge in [-0.25, -0.2) is 0 Å². The molecular weight excluding hydrogens is 351 g/mol. The Balaban J connectivity index is 1.87. The summed E-state index contributed by atoms with van der Waals surface area (Å²) in [6, 6.07) is 6.39. The Hall–Kier alpha value is -0.780. The molecule has 0 spiro atoms.